The van der Waals surface area contributed by atoms with Crippen LogP contribution in [0.15, 0.2) is 11.2 Å². The normalized spacial score (nSPS) is 10.8. The van der Waals surface area contributed by atoms with Crippen molar-refractivity contribution in [3.8, 4) is 0 Å². The fraction of sp³-hybridized carbons (Fsp3) is 0. The van der Waals surface area contributed by atoms with Crippen molar-refractivity contribution in [2.45, 2.75) is 5.03 Å². The molecule has 4 nitrogen and oxygen atoms in total. The van der Waals surface area contributed by atoms with E-state index in [1.807, 2.05) is 0 Å². The summed E-state index contributed by atoms with van der Waals surface area (Å²) in [6.07, 6.45) is 1.74. The van der Waals surface area contributed by atoms with Crippen molar-refractivity contribution in [2.75, 3.05) is 5.73 Å². The van der Waals surface area contributed by atoms with Crippen molar-refractivity contribution in [3.63, 3.8) is 0 Å². The van der Waals surface area contributed by atoms with E-state index in [4.69, 9.17) is 30.2 Å². The van der Waals surface area contributed by atoms with Crippen LogP contribution in [0.25, 0.3) is 5.65 Å². The third kappa shape index (κ3) is 1.28. The highest BCUT2D eigenvalue weighted by molar-refractivity contribution is 7.80. The van der Waals surface area contributed by atoms with Gasteiger partial charge in [-0.05, 0) is 0 Å². The van der Waals surface area contributed by atoms with Gasteiger partial charge in [-0.15, -0.1) is 12.6 Å². The van der Waals surface area contributed by atoms with Gasteiger partial charge in [0.1, 0.15) is 15.1 Å². The molecule has 0 fully saturated rings. The van der Waals surface area contributed by atoms with E-state index in [1.54, 1.807) is 10.6 Å². The highest BCUT2D eigenvalue weighted by atomic mass is 32.1. The number of aromatic nitrogens is 3. The van der Waals surface area contributed by atoms with Gasteiger partial charge in [0.2, 0.25) is 0 Å². The third-order valence-electron chi connectivity index (χ3n) is 1.66. The zero-order valence-corrected chi connectivity index (χ0v) is 8.89. The van der Waals surface area contributed by atoms with Crippen LogP contribution in [0.2, 0.25) is 0 Å². The van der Waals surface area contributed by atoms with E-state index in [9.17, 15) is 0 Å². The van der Waals surface area contributed by atoms with Crippen LogP contribution in [0, 0.1) is 9.28 Å². The molecule has 2 heterocycles. The maximum absolute atomic E-state index is 5.68. The van der Waals surface area contributed by atoms with E-state index in [2.05, 4.69) is 22.6 Å². The van der Waals surface area contributed by atoms with Crippen molar-refractivity contribution < 1.29 is 0 Å². The van der Waals surface area contributed by atoms with E-state index >= 15 is 0 Å². The van der Waals surface area contributed by atoms with Crippen LogP contribution in [0.4, 0.5) is 5.82 Å². The Morgan fingerprint density at radius 1 is 1.38 bits per heavy atom. The maximum Gasteiger partial charge on any atom is 0.157 e. The minimum atomic E-state index is 0.456. The summed E-state index contributed by atoms with van der Waals surface area (Å²) in [5, 5.41) is 0.687. The summed E-state index contributed by atoms with van der Waals surface area (Å²) in [7, 11) is 0. The number of nitrogens with one attached hydrogen (secondary N) is 2. The number of fused-ring (bicyclic) bond motifs is 1. The summed E-state index contributed by atoms with van der Waals surface area (Å²) in [5.41, 5.74) is 6.37. The molecule has 0 spiro atoms. The van der Waals surface area contributed by atoms with E-state index < -0.39 is 0 Å². The van der Waals surface area contributed by atoms with Gasteiger partial charge in [0.25, 0.3) is 0 Å². The minimum Gasteiger partial charge on any atom is -0.382 e. The first-order chi connectivity index (χ1) is 6.09. The molecule has 7 heteroatoms. The molecule has 0 saturated carbocycles. The van der Waals surface area contributed by atoms with E-state index in [0.29, 0.717) is 25.8 Å². The first-order valence-corrected chi connectivity index (χ1v) is 4.68. The Bertz CT molecular complexity index is 576. The zero-order valence-electron chi connectivity index (χ0n) is 6.37. The highest BCUT2D eigenvalue weighted by Crippen LogP contribution is 2.13. The van der Waals surface area contributed by atoms with E-state index in [0.717, 1.165) is 0 Å². The van der Waals surface area contributed by atoms with Gasteiger partial charge in [-0.25, -0.2) is 0 Å². The summed E-state index contributed by atoms with van der Waals surface area (Å²) in [6.45, 7) is 0. The Morgan fingerprint density at radius 2 is 2.08 bits per heavy atom. The SMILES string of the molecule is Nc1[nH]c(=S)c(=S)n2cc(S)[nH]c12. The molecule has 2 aromatic heterocycles. The molecule has 68 valence electrons. The number of imidazole rings is 1. The first kappa shape index (κ1) is 8.79. The van der Waals surface area contributed by atoms with E-state index in [1.165, 1.54) is 0 Å². The molecule has 0 bridgehead atoms. The Balaban J connectivity index is 3.14. The number of nitrogens with two attached hydrogens (primary N) is 1. The molecule has 4 N–H and O–H groups in total. The van der Waals surface area contributed by atoms with Crippen molar-refractivity contribution in [2.24, 2.45) is 0 Å². The molecule has 2 rings (SSSR count). The number of hydrogen-bond donors (Lipinski definition) is 4. The number of hydrogen-bond acceptors (Lipinski definition) is 4. The third-order valence-corrected chi connectivity index (χ3v) is 2.71. The summed E-state index contributed by atoms with van der Waals surface area (Å²) in [6, 6.07) is 0. The monoisotopic (exact) mass is 230 g/mol. The predicted molar refractivity (Wildman–Crippen MR) is 59.4 cm³/mol. The van der Waals surface area contributed by atoms with Gasteiger partial charge in [-0.3, -0.25) is 4.40 Å². The lowest BCUT2D eigenvalue weighted by molar-refractivity contribution is 1.09. The molecule has 0 aliphatic rings. The van der Waals surface area contributed by atoms with Gasteiger partial charge in [0.05, 0.1) is 5.03 Å². The van der Waals surface area contributed by atoms with Crippen LogP contribution in [-0.4, -0.2) is 14.4 Å². The Kier molecular flexibility index (Phi) is 1.94. The number of rotatable bonds is 0. The summed E-state index contributed by atoms with van der Waals surface area (Å²) >= 11 is 14.2. The molecule has 0 aliphatic carbocycles. The van der Waals surface area contributed by atoms with Gasteiger partial charge in [0, 0.05) is 6.20 Å². The number of nitrogen functional groups attached to an aromatic ring is 1. The van der Waals surface area contributed by atoms with Crippen molar-refractivity contribution in [1.29, 1.82) is 0 Å². The highest BCUT2D eigenvalue weighted by Gasteiger charge is 2.02. The largest absolute Gasteiger partial charge is 0.382 e. The minimum absolute atomic E-state index is 0.456. The van der Waals surface area contributed by atoms with Gasteiger partial charge in [-0.1, -0.05) is 24.4 Å². The molecular formula is C6H6N4S3. The van der Waals surface area contributed by atoms with Crippen LogP contribution >= 0.6 is 37.1 Å². The number of anilines is 1. The summed E-state index contributed by atoms with van der Waals surface area (Å²) < 4.78 is 2.68. The van der Waals surface area contributed by atoms with E-state index in [-0.39, 0.29) is 0 Å². The predicted octanol–water partition coefficient (Wildman–Crippen LogP) is 1.93. The standard InChI is InChI=1S/C6H6N4S3/c7-3-4-8-2(11)1-10(4)6(13)5(12)9-3/h1,8,11H,7H2,(H,9,12). The molecule has 2 aromatic rings. The van der Waals surface area contributed by atoms with Gasteiger partial charge in [-0.2, -0.15) is 0 Å². The van der Waals surface area contributed by atoms with Gasteiger partial charge < -0.3 is 15.7 Å². The Morgan fingerprint density at radius 3 is 2.77 bits per heavy atom. The zero-order chi connectivity index (χ0) is 9.59. The van der Waals surface area contributed by atoms with Crippen LogP contribution in [0.5, 0.6) is 0 Å². The number of thiol groups is 1. The van der Waals surface area contributed by atoms with Crippen molar-refractivity contribution in [3.05, 3.63) is 15.5 Å². The molecule has 0 unspecified atom stereocenters. The molecular weight excluding hydrogens is 224 g/mol. The number of nitrogens with zero attached hydrogens (tertiary/aromatic N) is 1. The maximum atomic E-state index is 5.68. The molecule has 13 heavy (non-hydrogen) atoms. The van der Waals surface area contributed by atoms with Crippen LogP contribution in [-0.2, 0) is 0 Å². The molecule has 0 radical (unpaired) electrons. The second kappa shape index (κ2) is 2.86. The lowest BCUT2D eigenvalue weighted by Gasteiger charge is -1.97. The van der Waals surface area contributed by atoms with Gasteiger partial charge >= 0.3 is 0 Å². The molecule has 0 saturated heterocycles. The summed E-state index contributed by atoms with van der Waals surface area (Å²) in [4.78, 5) is 5.75. The van der Waals surface area contributed by atoms with Crippen molar-refractivity contribution >= 4 is 48.5 Å². The number of aromatic amines is 2. The average molecular weight is 230 g/mol. The van der Waals surface area contributed by atoms with Crippen LogP contribution in [0.3, 0.4) is 0 Å². The van der Waals surface area contributed by atoms with Crippen LogP contribution < -0.4 is 5.73 Å². The second-order valence-corrected chi connectivity index (χ2v) is 3.81. The summed E-state index contributed by atoms with van der Waals surface area (Å²) in [5.74, 6) is 0.457. The van der Waals surface area contributed by atoms with Crippen LogP contribution in [0.1, 0.15) is 0 Å². The number of H-pyrrole nitrogens is 2. The fourth-order valence-corrected chi connectivity index (χ4v) is 1.73. The Hall–Kier alpha value is -0.790. The molecule has 0 aliphatic heterocycles. The average Bonchev–Trinajstić information content (AvgIpc) is 2.44. The molecule has 0 aromatic carbocycles. The van der Waals surface area contributed by atoms with Gasteiger partial charge in [0.15, 0.2) is 5.65 Å². The first-order valence-electron chi connectivity index (χ1n) is 3.41. The fourth-order valence-electron chi connectivity index (χ4n) is 1.10. The molecule has 0 amide bonds. The second-order valence-electron chi connectivity index (χ2n) is 2.53. The topological polar surface area (TPSA) is 62.0 Å². The lowest BCUT2D eigenvalue weighted by atomic mass is 10.6. The molecule has 0 atom stereocenters. The smallest absolute Gasteiger partial charge is 0.157 e. The lowest BCUT2D eigenvalue weighted by Crippen LogP contribution is -1.97. The Labute approximate surface area is 89.2 Å². The van der Waals surface area contributed by atoms with Crippen molar-refractivity contribution in [1.82, 2.24) is 14.4 Å². The quantitative estimate of drug-likeness (QED) is 0.413.